The Kier molecular flexibility index (Phi) is 3.43. The summed E-state index contributed by atoms with van der Waals surface area (Å²) in [5.41, 5.74) is 3.53. The molecule has 3 heteroatoms. The number of nitrogens with zero attached hydrogens (tertiary/aromatic N) is 2. The van der Waals surface area contributed by atoms with Gasteiger partial charge in [0.15, 0.2) is 0 Å². The van der Waals surface area contributed by atoms with Gasteiger partial charge >= 0.3 is 0 Å². The lowest BCUT2D eigenvalue weighted by molar-refractivity contribution is 0.102. The molecule has 3 aromatic rings. The fourth-order valence-electron chi connectivity index (χ4n) is 3.36. The van der Waals surface area contributed by atoms with Crippen LogP contribution < -0.4 is 0 Å². The van der Waals surface area contributed by atoms with Crippen molar-refractivity contribution in [1.82, 2.24) is 9.55 Å². The van der Waals surface area contributed by atoms with Gasteiger partial charge in [-0.05, 0) is 37.5 Å². The van der Waals surface area contributed by atoms with Gasteiger partial charge in [0, 0.05) is 6.61 Å². The predicted molar refractivity (Wildman–Crippen MR) is 87.9 cm³/mol. The molecule has 0 radical (unpaired) electrons. The Labute approximate surface area is 130 Å². The minimum absolute atomic E-state index is 0.124. The molecule has 0 unspecified atom stereocenters. The second kappa shape index (κ2) is 5.58. The summed E-state index contributed by atoms with van der Waals surface area (Å²) in [4.78, 5) is 4.88. The lowest BCUT2D eigenvalue weighted by Crippen LogP contribution is -2.13. The van der Waals surface area contributed by atoms with Crippen LogP contribution in [0.15, 0.2) is 54.6 Å². The van der Waals surface area contributed by atoms with Crippen molar-refractivity contribution in [3.05, 3.63) is 66.0 Å². The van der Waals surface area contributed by atoms with Crippen LogP contribution in [0.4, 0.5) is 0 Å². The molecule has 0 aliphatic carbocycles. The first-order chi connectivity index (χ1) is 10.8. The van der Waals surface area contributed by atoms with Gasteiger partial charge in [-0.25, -0.2) is 4.98 Å². The van der Waals surface area contributed by atoms with E-state index in [2.05, 4.69) is 60.0 Å². The highest BCUT2D eigenvalue weighted by atomic mass is 16.5. The molecule has 0 saturated carbocycles. The molecule has 1 aliphatic heterocycles. The van der Waals surface area contributed by atoms with Crippen molar-refractivity contribution in [2.24, 2.45) is 0 Å². The van der Waals surface area contributed by atoms with Crippen LogP contribution in [0.1, 0.15) is 43.3 Å². The molecule has 0 amide bonds. The van der Waals surface area contributed by atoms with Gasteiger partial charge in [0.25, 0.3) is 0 Å². The molecule has 22 heavy (non-hydrogen) atoms. The third-order valence-corrected chi connectivity index (χ3v) is 4.51. The zero-order valence-corrected chi connectivity index (χ0v) is 12.8. The molecular formula is C19H20N2O. The van der Waals surface area contributed by atoms with Crippen molar-refractivity contribution < 1.29 is 4.74 Å². The van der Waals surface area contributed by atoms with Crippen molar-refractivity contribution >= 4 is 11.0 Å². The Bertz CT molecular complexity index is 772. The van der Waals surface area contributed by atoms with Crippen LogP contribution in [0.25, 0.3) is 11.0 Å². The molecule has 2 atom stereocenters. The summed E-state index contributed by atoms with van der Waals surface area (Å²) in [6.45, 7) is 3.08. The van der Waals surface area contributed by atoms with E-state index in [-0.39, 0.29) is 12.1 Å². The van der Waals surface area contributed by atoms with E-state index in [4.69, 9.17) is 9.72 Å². The fraction of sp³-hybridized carbons (Fsp3) is 0.316. The highest BCUT2D eigenvalue weighted by molar-refractivity contribution is 5.76. The van der Waals surface area contributed by atoms with E-state index in [9.17, 15) is 0 Å². The molecule has 1 aromatic heterocycles. The SMILES string of the molecule is C[C@@H](c1ccccc1)n1c([C@H]2CCCO2)nc2ccccc21. The van der Waals surface area contributed by atoms with E-state index < -0.39 is 0 Å². The van der Waals surface area contributed by atoms with Gasteiger partial charge in [-0.1, -0.05) is 42.5 Å². The van der Waals surface area contributed by atoms with Crippen LogP contribution in [0, 0.1) is 0 Å². The monoisotopic (exact) mass is 292 g/mol. The molecule has 2 aromatic carbocycles. The summed E-state index contributed by atoms with van der Waals surface area (Å²) in [5, 5.41) is 0. The predicted octanol–water partition coefficient (Wildman–Crippen LogP) is 4.50. The standard InChI is InChI=1S/C19H20N2O/c1-14(15-8-3-2-4-9-15)21-17-11-6-5-10-16(17)20-19(21)18-12-7-13-22-18/h2-6,8-11,14,18H,7,12-13H2,1H3/t14-,18+/m0/s1. The van der Waals surface area contributed by atoms with Gasteiger partial charge in [0.1, 0.15) is 11.9 Å². The second-order valence-electron chi connectivity index (χ2n) is 5.92. The topological polar surface area (TPSA) is 27.1 Å². The number of imidazole rings is 1. The van der Waals surface area contributed by atoms with E-state index in [1.165, 1.54) is 11.1 Å². The van der Waals surface area contributed by atoms with Crippen molar-refractivity contribution in [2.45, 2.75) is 31.9 Å². The summed E-state index contributed by atoms with van der Waals surface area (Å²) in [7, 11) is 0. The van der Waals surface area contributed by atoms with Gasteiger partial charge in [-0.15, -0.1) is 0 Å². The van der Waals surface area contributed by atoms with Crippen LogP contribution in [-0.2, 0) is 4.74 Å². The molecule has 2 heterocycles. The maximum absolute atomic E-state index is 5.91. The zero-order chi connectivity index (χ0) is 14.9. The number of fused-ring (bicyclic) bond motifs is 1. The van der Waals surface area contributed by atoms with Crippen LogP contribution in [-0.4, -0.2) is 16.2 Å². The Balaban J connectivity index is 1.88. The third-order valence-electron chi connectivity index (χ3n) is 4.51. The maximum Gasteiger partial charge on any atom is 0.139 e. The molecule has 0 N–H and O–H groups in total. The van der Waals surface area contributed by atoms with Crippen molar-refractivity contribution in [3.8, 4) is 0 Å². The van der Waals surface area contributed by atoms with Gasteiger partial charge in [0.05, 0.1) is 17.1 Å². The lowest BCUT2D eigenvalue weighted by atomic mass is 10.1. The summed E-state index contributed by atoms with van der Waals surface area (Å²) in [6.07, 6.45) is 2.30. The van der Waals surface area contributed by atoms with Gasteiger partial charge in [-0.3, -0.25) is 0 Å². The first kappa shape index (κ1) is 13.5. The van der Waals surface area contributed by atoms with Crippen LogP contribution >= 0.6 is 0 Å². The minimum Gasteiger partial charge on any atom is -0.370 e. The molecule has 1 aliphatic rings. The van der Waals surface area contributed by atoms with E-state index in [1.54, 1.807) is 0 Å². The van der Waals surface area contributed by atoms with E-state index >= 15 is 0 Å². The fourth-order valence-corrected chi connectivity index (χ4v) is 3.36. The average molecular weight is 292 g/mol. The summed E-state index contributed by atoms with van der Waals surface area (Å²) >= 11 is 0. The summed E-state index contributed by atoms with van der Waals surface area (Å²) in [6, 6.07) is 19.2. The third kappa shape index (κ3) is 2.22. The van der Waals surface area contributed by atoms with E-state index in [1.807, 2.05) is 6.07 Å². The molecule has 1 fully saturated rings. The molecule has 0 bridgehead atoms. The van der Waals surface area contributed by atoms with Crippen molar-refractivity contribution in [2.75, 3.05) is 6.61 Å². The quantitative estimate of drug-likeness (QED) is 0.711. The first-order valence-electron chi connectivity index (χ1n) is 7.98. The van der Waals surface area contributed by atoms with Crippen molar-refractivity contribution in [1.29, 1.82) is 0 Å². The molecule has 0 spiro atoms. The number of para-hydroxylation sites is 2. The number of hydrogen-bond donors (Lipinski definition) is 0. The van der Waals surface area contributed by atoms with Gasteiger partial charge < -0.3 is 9.30 Å². The Morgan fingerprint density at radius 3 is 2.64 bits per heavy atom. The van der Waals surface area contributed by atoms with Crippen LogP contribution in [0.3, 0.4) is 0 Å². The van der Waals surface area contributed by atoms with Crippen molar-refractivity contribution in [3.63, 3.8) is 0 Å². The number of benzene rings is 2. The Morgan fingerprint density at radius 2 is 1.86 bits per heavy atom. The normalized spacial score (nSPS) is 19.6. The molecule has 4 rings (SSSR count). The highest BCUT2D eigenvalue weighted by Crippen LogP contribution is 2.34. The lowest BCUT2D eigenvalue weighted by Gasteiger charge is -2.20. The highest BCUT2D eigenvalue weighted by Gasteiger charge is 2.26. The van der Waals surface area contributed by atoms with Gasteiger partial charge in [0.2, 0.25) is 0 Å². The second-order valence-corrected chi connectivity index (χ2v) is 5.92. The van der Waals surface area contributed by atoms with E-state index in [0.717, 1.165) is 30.8 Å². The average Bonchev–Trinajstić information content (AvgIpc) is 3.22. The number of rotatable bonds is 3. The summed E-state index contributed by atoms with van der Waals surface area (Å²) in [5.74, 6) is 1.06. The zero-order valence-electron chi connectivity index (χ0n) is 12.8. The largest absolute Gasteiger partial charge is 0.370 e. The van der Waals surface area contributed by atoms with E-state index in [0.29, 0.717) is 0 Å². The molecule has 3 nitrogen and oxygen atoms in total. The van der Waals surface area contributed by atoms with Crippen LogP contribution in [0.2, 0.25) is 0 Å². The summed E-state index contributed by atoms with van der Waals surface area (Å²) < 4.78 is 8.26. The Hall–Kier alpha value is -2.13. The number of aromatic nitrogens is 2. The maximum atomic E-state index is 5.91. The van der Waals surface area contributed by atoms with Crippen LogP contribution in [0.5, 0.6) is 0 Å². The Morgan fingerprint density at radius 1 is 1.09 bits per heavy atom. The number of hydrogen-bond acceptors (Lipinski definition) is 2. The molecule has 1 saturated heterocycles. The minimum atomic E-state index is 0.124. The van der Waals surface area contributed by atoms with Gasteiger partial charge in [-0.2, -0.15) is 0 Å². The number of ether oxygens (including phenoxy) is 1. The molecular weight excluding hydrogens is 272 g/mol. The smallest absolute Gasteiger partial charge is 0.139 e. The first-order valence-corrected chi connectivity index (χ1v) is 7.98. The molecule has 112 valence electrons.